The van der Waals surface area contributed by atoms with Crippen LogP contribution >= 0.6 is 15.9 Å². The van der Waals surface area contributed by atoms with Crippen LogP contribution in [0.25, 0.3) is 6.08 Å². The summed E-state index contributed by atoms with van der Waals surface area (Å²) < 4.78 is 1.08. The summed E-state index contributed by atoms with van der Waals surface area (Å²) in [5.41, 5.74) is 3.39. The van der Waals surface area contributed by atoms with Gasteiger partial charge in [0.1, 0.15) is 0 Å². The Labute approximate surface area is 133 Å². The molecular formula is C19H17BrO. The van der Waals surface area contributed by atoms with E-state index in [1.165, 1.54) is 11.1 Å². The molecule has 1 nitrogen and oxygen atoms in total. The average Bonchev–Trinajstić information content (AvgIpc) is 2.98. The topological polar surface area (TPSA) is 20.2 Å². The molecule has 21 heavy (non-hydrogen) atoms. The Morgan fingerprint density at radius 2 is 1.76 bits per heavy atom. The molecule has 2 aromatic carbocycles. The zero-order valence-electron chi connectivity index (χ0n) is 11.6. The van der Waals surface area contributed by atoms with Crippen LogP contribution in [0.15, 0.2) is 76.8 Å². The maximum atomic E-state index is 10.6. The van der Waals surface area contributed by atoms with Gasteiger partial charge in [-0.2, -0.15) is 0 Å². The van der Waals surface area contributed by atoms with E-state index in [4.69, 9.17) is 0 Å². The number of rotatable bonds is 3. The maximum absolute atomic E-state index is 10.6. The Kier molecular flexibility index (Phi) is 4.37. The quantitative estimate of drug-likeness (QED) is 0.766. The van der Waals surface area contributed by atoms with E-state index in [0.29, 0.717) is 0 Å². The van der Waals surface area contributed by atoms with E-state index in [2.05, 4.69) is 46.3 Å². The van der Waals surface area contributed by atoms with Gasteiger partial charge in [-0.1, -0.05) is 82.2 Å². The normalized spacial score (nSPS) is 20.9. The molecule has 0 heterocycles. The summed E-state index contributed by atoms with van der Waals surface area (Å²) >= 11 is 3.45. The van der Waals surface area contributed by atoms with Gasteiger partial charge in [0.25, 0.3) is 0 Å². The summed E-state index contributed by atoms with van der Waals surface area (Å²) in [4.78, 5) is 0. The first-order chi connectivity index (χ1) is 10.2. The molecule has 106 valence electrons. The lowest BCUT2D eigenvalue weighted by Crippen LogP contribution is -2.10. The van der Waals surface area contributed by atoms with E-state index in [0.717, 1.165) is 16.5 Å². The Morgan fingerprint density at radius 3 is 2.48 bits per heavy atom. The predicted octanol–water partition coefficient (Wildman–Crippen LogP) is 5.14. The highest BCUT2D eigenvalue weighted by molar-refractivity contribution is 9.10. The van der Waals surface area contributed by atoms with Crippen molar-refractivity contribution in [1.29, 1.82) is 0 Å². The molecule has 2 heteroatoms. The fourth-order valence-corrected chi connectivity index (χ4v) is 2.97. The van der Waals surface area contributed by atoms with Gasteiger partial charge < -0.3 is 5.11 Å². The molecule has 0 unspecified atom stereocenters. The van der Waals surface area contributed by atoms with Crippen LogP contribution in [0.4, 0.5) is 0 Å². The number of allylic oxidation sites excluding steroid dienone is 1. The van der Waals surface area contributed by atoms with Gasteiger partial charge in [0.05, 0.1) is 6.10 Å². The summed E-state index contributed by atoms with van der Waals surface area (Å²) in [6.07, 6.45) is 6.87. The lowest BCUT2D eigenvalue weighted by Gasteiger charge is -2.19. The lowest BCUT2D eigenvalue weighted by atomic mass is 9.90. The minimum absolute atomic E-state index is 0.0658. The van der Waals surface area contributed by atoms with Crippen molar-refractivity contribution in [3.05, 3.63) is 87.9 Å². The van der Waals surface area contributed by atoms with E-state index in [1.807, 2.05) is 42.5 Å². The zero-order valence-corrected chi connectivity index (χ0v) is 13.2. The number of aliphatic hydroxyl groups is 1. The first-order valence-corrected chi connectivity index (χ1v) is 7.89. The van der Waals surface area contributed by atoms with Crippen LogP contribution in [0.3, 0.4) is 0 Å². The summed E-state index contributed by atoms with van der Waals surface area (Å²) in [6.45, 7) is 0. The van der Waals surface area contributed by atoms with Crippen molar-refractivity contribution in [2.24, 2.45) is 5.92 Å². The molecule has 3 rings (SSSR count). The van der Waals surface area contributed by atoms with E-state index >= 15 is 0 Å². The molecule has 1 aliphatic rings. The van der Waals surface area contributed by atoms with Crippen LogP contribution < -0.4 is 0 Å². The molecule has 0 bridgehead atoms. The molecule has 1 aliphatic carbocycles. The summed E-state index contributed by atoms with van der Waals surface area (Å²) in [7, 11) is 0. The largest absolute Gasteiger partial charge is 0.387 e. The monoisotopic (exact) mass is 340 g/mol. The highest BCUT2D eigenvalue weighted by Crippen LogP contribution is 2.36. The third kappa shape index (κ3) is 3.34. The van der Waals surface area contributed by atoms with Crippen LogP contribution in [0, 0.1) is 5.92 Å². The van der Waals surface area contributed by atoms with Gasteiger partial charge in [-0.15, -0.1) is 0 Å². The maximum Gasteiger partial charge on any atom is 0.0890 e. The Hall–Kier alpha value is -1.64. The molecule has 0 radical (unpaired) electrons. The Balaban J connectivity index is 1.85. The van der Waals surface area contributed by atoms with Crippen molar-refractivity contribution in [3.63, 3.8) is 0 Å². The third-order valence-electron chi connectivity index (χ3n) is 3.83. The van der Waals surface area contributed by atoms with Crippen molar-refractivity contribution in [1.82, 2.24) is 0 Å². The standard InChI is InChI=1S/C19H17BrO/c20-17-11-9-14(10-12-17)13-16-7-4-8-18(16)19(21)15-5-2-1-3-6-15/h1-6,8-13,18-19,21H,7H2/b16-13+/t18-,19+/m0/s1. The lowest BCUT2D eigenvalue weighted by molar-refractivity contribution is 0.148. The Bertz CT molecular complexity index is 656. The van der Waals surface area contributed by atoms with Crippen molar-refractivity contribution < 1.29 is 5.11 Å². The fourth-order valence-electron chi connectivity index (χ4n) is 2.70. The SMILES string of the molecule is O[C@H](c1ccccc1)[C@H]1C=CC/C1=C\c1ccc(Br)cc1. The van der Waals surface area contributed by atoms with Gasteiger partial charge in [0.15, 0.2) is 0 Å². The second-order valence-corrected chi connectivity index (χ2v) is 6.20. The van der Waals surface area contributed by atoms with Crippen LogP contribution in [0.2, 0.25) is 0 Å². The van der Waals surface area contributed by atoms with E-state index in [-0.39, 0.29) is 5.92 Å². The number of benzene rings is 2. The minimum atomic E-state index is -0.480. The molecule has 0 aliphatic heterocycles. The minimum Gasteiger partial charge on any atom is -0.387 e. The smallest absolute Gasteiger partial charge is 0.0890 e. The molecule has 0 fully saturated rings. The van der Waals surface area contributed by atoms with Crippen LogP contribution in [-0.2, 0) is 0 Å². The average molecular weight is 341 g/mol. The molecular weight excluding hydrogens is 324 g/mol. The van der Waals surface area contributed by atoms with E-state index in [9.17, 15) is 5.11 Å². The van der Waals surface area contributed by atoms with Crippen molar-refractivity contribution in [3.8, 4) is 0 Å². The van der Waals surface area contributed by atoms with Gasteiger partial charge in [-0.3, -0.25) is 0 Å². The highest BCUT2D eigenvalue weighted by Gasteiger charge is 2.24. The van der Waals surface area contributed by atoms with Crippen LogP contribution in [0.1, 0.15) is 23.7 Å². The van der Waals surface area contributed by atoms with Crippen LogP contribution in [0.5, 0.6) is 0 Å². The first-order valence-electron chi connectivity index (χ1n) is 7.10. The second kappa shape index (κ2) is 6.42. The summed E-state index contributed by atoms with van der Waals surface area (Å²) in [6, 6.07) is 18.1. The van der Waals surface area contributed by atoms with Gasteiger partial charge in [0.2, 0.25) is 0 Å². The number of hydrogen-bond acceptors (Lipinski definition) is 1. The fraction of sp³-hybridized carbons (Fsp3) is 0.158. The zero-order chi connectivity index (χ0) is 14.7. The van der Waals surface area contributed by atoms with E-state index in [1.54, 1.807) is 0 Å². The van der Waals surface area contributed by atoms with Gasteiger partial charge in [0, 0.05) is 10.4 Å². The number of halogens is 1. The molecule has 0 amide bonds. The molecule has 0 aromatic heterocycles. The Morgan fingerprint density at radius 1 is 1.05 bits per heavy atom. The first kappa shape index (κ1) is 14.3. The molecule has 2 aromatic rings. The predicted molar refractivity (Wildman–Crippen MR) is 90.8 cm³/mol. The van der Waals surface area contributed by atoms with Gasteiger partial charge in [-0.05, 0) is 29.7 Å². The van der Waals surface area contributed by atoms with Crippen molar-refractivity contribution >= 4 is 22.0 Å². The summed E-state index contributed by atoms with van der Waals surface area (Å²) in [5.74, 6) is 0.0658. The second-order valence-electron chi connectivity index (χ2n) is 5.28. The number of aliphatic hydroxyl groups excluding tert-OH is 1. The van der Waals surface area contributed by atoms with Crippen molar-refractivity contribution in [2.75, 3.05) is 0 Å². The van der Waals surface area contributed by atoms with Crippen molar-refractivity contribution in [2.45, 2.75) is 12.5 Å². The van der Waals surface area contributed by atoms with Crippen LogP contribution in [-0.4, -0.2) is 5.11 Å². The number of hydrogen-bond donors (Lipinski definition) is 1. The summed E-state index contributed by atoms with van der Waals surface area (Å²) in [5, 5.41) is 10.6. The van der Waals surface area contributed by atoms with Gasteiger partial charge >= 0.3 is 0 Å². The van der Waals surface area contributed by atoms with E-state index < -0.39 is 6.10 Å². The third-order valence-corrected chi connectivity index (χ3v) is 4.36. The molecule has 2 atom stereocenters. The van der Waals surface area contributed by atoms with Gasteiger partial charge in [-0.25, -0.2) is 0 Å². The molecule has 0 saturated carbocycles. The molecule has 0 spiro atoms. The molecule has 0 saturated heterocycles. The highest BCUT2D eigenvalue weighted by atomic mass is 79.9. The molecule has 1 N–H and O–H groups in total.